The van der Waals surface area contributed by atoms with E-state index in [-0.39, 0.29) is 97.7 Å². The quantitative estimate of drug-likeness (QED) is 0.155. The zero-order valence-electron chi connectivity index (χ0n) is 104. The standard InChI is InChI=1S/2C54H30O/c2*1-2-6-38-30-50-48(27-37(38)5-1)47-29-40(20-26-49(47)55-50)42-22-19-39(41-21-15-35-13-11-31-7-3-9-33-17-24-44(41)53(35)51(31)33)28-46(42)43-23-16-36-14-12-32-8-4-10-34-18-25-45(43)54(36)52(32)34/h2*1-30H/i1D,2D,3D,4D,5D,6D,7D,8D,9D,10D,11D,12D,13D,14D,15D,16D,17D,18D,19D,20D,21D,22D,23D,24D,25D,26D,27D,28D,29D,30D;3D,4D,7D,8D,9D,10D,11D,12D,13D,14D,15D,16D,17D,18D,21D,23D,24D,25D. The van der Waals surface area contributed by atoms with E-state index in [1.54, 1.807) is 24.3 Å². The second kappa shape index (κ2) is 22.6. The van der Waals surface area contributed by atoms with E-state index in [2.05, 4.69) is 0 Å². The summed E-state index contributed by atoms with van der Waals surface area (Å²) in [5.74, 6) is 0. The van der Waals surface area contributed by atoms with Gasteiger partial charge in [0, 0.05) is 21.5 Å². The average Bonchev–Trinajstić information content (AvgIpc) is 1.72. The Morgan fingerprint density at radius 3 is 1.09 bits per heavy atom. The number of rotatable bonds is 6. The molecular formula is C108H60O2. The van der Waals surface area contributed by atoms with Gasteiger partial charge < -0.3 is 8.83 Å². The number of benzene rings is 24. The Morgan fingerprint density at radius 2 is 0.545 bits per heavy atom. The zero-order chi connectivity index (χ0) is 113. The summed E-state index contributed by atoms with van der Waals surface area (Å²) in [6.07, 6.45) is 0. The van der Waals surface area contributed by atoms with Crippen LogP contribution in [-0.2, 0) is 0 Å². The van der Waals surface area contributed by atoms with Crippen LogP contribution < -0.4 is 0 Å². The van der Waals surface area contributed by atoms with Gasteiger partial charge in [-0.05, 0) is 278 Å². The third kappa shape index (κ3) is 8.70. The highest BCUT2D eigenvalue weighted by Crippen LogP contribution is 2.50. The van der Waals surface area contributed by atoms with E-state index in [4.69, 9.17) is 40.4 Å². The fraction of sp³-hybridized carbons (Fsp3) is 0. The lowest BCUT2D eigenvalue weighted by atomic mass is 9.84. The SMILES string of the molecule is [2H]c1c([2H])c(-c2c([2H])c([2H])c3oc4c([2H])c5c([2H])c([2H])c([2H])c([2H])c5c([2H])c4c3c2[2H])c(-c2c([2H])c([2H])c3c([2H])c([2H])c4c([2H])c([2H])c([2H])c5c([2H])c([2H])c2c3c45)c([2H])c1-c1c([2H])c([2H])c2c([2H])c([2H])c3c([2H])c([2H])c([2H])c4c([2H])c([2H])c1c2c34.[2H]c1c([2H])c2c([2H])c([2H])c3c([2H])c([2H])c(-c4ccc(-c5ccc6oc7cc8ccccc8cc7c6c5)c(-c5c([2H])c([2H])c6c([2H])c([2H])c7c([2H])c([2H])c([2H])c8c([2H])c([2H])c5c6c78)c4)c4c([2H])c([2H])c(c1[2H])c2c34. The van der Waals surface area contributed by atoms with Crippen LogP contribution in [0.1, 0.15) is 65.8 Å². The highest BCUT2D eigenvalue weighted by Gasteiger charge is 2.24. The Hall–Kier alpha value is -14.4. The Labute approximate surface area is 697 Å². The molecule has 110 heavy (non-hydrogen) atoms. The third-order valence-electron chi connectivity index (χ3n) is 20.7. The van der Waals surface area contributed by atoms with Gasteiger partial charge in [0.15, 0.2) is 0 Å². The van der Waals surface area contributed by atoms with Crippen molar-refractivity contribution >= 4 is 195 Å². The monoisotopic (exact) mass is 1440 g/mol. The van der Waals surface area contributed by atoms with Gasteiger partial charge in [-0.25, -0.2) is 0 Å². The Bertz CT molecular complexity index is 11400. The zero-order valence-corrected chi connectivity index (χ0v) is 55.7. The van der Waals surface area contributed by atoms with Crippen molar-refractivity contribution < 1.29 is 74.6 Å². The van der Waals surface area contributed by atoms with Gasteiger partial charge in [0.1, 0.15) is 22.3 Å². The molecule has 26 rings (SSSR count). The summed E-state index contributed by atoms with van der Waals surface area (Å²) in [6, 6.07) is -14.2. The lowest BCUT2D eigenvalue weighted by Gasteiger charge is -2.19. The van der Waals surface area contributed by atoms with Crippen molar-refractivity contribution in [3.8, 4) is 66.8 Å². The largest absolute Gasteiger partial charge is 0.456 e. The molecule has 0 saturated heterocycles. The lowest BCUT2D eigenvalue weighted by Crippen LogP contribution is -1.92. The fourth-order valence-electron chi connectivity index (χ4n) is 15.7. The van der Waals surface area contributed by atoms with Crippen LogP contribution >= 0.6 is 0 Å². The van der Waals surface area contributed by atoms with E-state index in [1.165, 1.54) is 6.07 Å². The molecule has 2 nitrogen and oxygen atoms in total. The van der Waals surface area contributed by atoms with Crippen molar-refractivity contribution in [2.45, 2.75) is 0 Å². The van der Waals surface area contributed by atoms with Gasteiger partial charge in [-0.1, -0.05) is 302 Å². The van der Waals surface area contributed by atoms with Crippen LogP contribution in [0.4, 0.5) is 0 Å². The van der Waals surface area contributed by atoms with Crippen LogP contribution in [-0.4, -0.2) is 0 Å². The first-order valence-corrected chi connectivity index (χ1v) is 34.3. The van der Waals surface area contributed by atoms with Crippen LogP contribution in [0.25, 0.3) is 261 Å². The summed E-state index contributed by atoms with van der Waals surface area (Å²) in [5.41, 5.74) is -4.43. The minimum Gasteiger partial charge on any atom is -0.456 e. The molecule has 2 aromatic heterocycles. The molecule has 0 saturated carbocycles. The smallest absolute Gasteiger partial charge is 0.136 e. The first kappa shape index (κ1) is 30.4. The fourth-order valence-corrected chi connectivity index (χ4v) is 15.7. The second-order valence-electron chi connectivity index (χ2n) is 26.5. The first-order valence-electron chi connectivity index (χ1n) is 58.3. The van der Waals surface area contributed by atoms with Gasteiger partial charge in [0.2, 0.25) is 0 Å². The molecule has 504 valence electrons. The van der Waals surface area contributed by atoms with Gasteiger partial charge in [-0.15, -0.1) is 0 Å². The Balaban J connectivity index is 0.000000163. The van der Waals surface area contributed by atoms with E-state index in [0.717, 1.165) is 16.2 Å². The molecule has 0 aliphatic rings. The topological polar surface area (TPSA) is 26.3 Å². The van der Waals surface area contributed by atoms with Crippen molar-refractivity contribution in [2.24, 2.45) is 0 Å². The third-order valence-corrected chi connectivity index (χ3v) is 20.7. The molecule has 0 amide bonds. The van der Waals surface area contributed by atoms with Crippen LogP contribution in [0.3, 0.4) is 0 Å². The summed E-state index contributed by atoms with van der Waals surface area (Å²) in [4.78, 5) is 0. The molecule has 0 spiro atoms. The van der Waals surface area contributed by atoms with E-state index in [0.29, 0.717) is 27.7 Å². The molecule has 0 N–H and O–H groups in total. The molecular weight excluding hydrogens is 1330 g/mol. The molecule has 0 radical (unpaired) electrons. The number of hydrogen-bond acceptors (Lipinski definition) is 2. The molecule has 2 heteroatoms. The van der Waals surface area contributed by atoms with Gasteiger partial charge in [-0.2, -0.15) is 0 Å². The van der Waals surface area contributed by atoms with Crippen molar-refractivity contribution in [2.75, 3.05) is 0 Å². The molecule has 0 aliphatic carbocycles. The predicted molar refractivity (Wildman–Crippen MR) is 470 cm³/mol. The predicted octanol–water partition coefficient (Wildman–Crippen LogP) is 31.1. The lowest BCUT2D eigenvalue weighted by molar-refractivity contribution is 0.669. The molecule has 0 aliphatic heterocycles. The normalized spacial score (nSPS) is 18.5. The van der Waals surface area contributed by atoms with Gasteiger partial charge in [0.25, 0.3) is 0 Å². The number of furan rings is 2. The average molecular weight is 1440 g/mol. The van der Waals surface area contributed by atoms with E-state index >= 15 is 0 Å². The summed E-state index contributed by atoms with van der Waals surface area (Å²) >= 11 is 0. The molecule has 0 atom stereocenters. The molecule has 0 fully saturated rings. The molecule has 2 heterocycles. The Kier molecular flexibility index (Phi) is 6.24. The maximum Gasteiger partial charge on any atom is 0.136 e. The van der Waals surface area contributed by atoms with Crippen molar-refractivity contribution in [1.29, 1.82) is 0 Å². The van der Waals surface area contributed by atoms with Crippen LogP contribution in [0, 0.1) is 0 Å². The minimum absolute atomic E-state index is 0.0228. The second-order valence-corrected chi connectivity index (χ2v) is 26.5. The van der Waals surface area contributed by atoms with Crippen LogP contribution in [0.15, 0.2) is 372 Å². The summed E-state index contributed by atoms with van der Waals surface area (Å²) in [6.45, 7) is 0. The molecule has 26 aromatic rings. The van der Waals surface area contributed by atoms with E-state index in [1.807, 2.05) is 42.5 Å². The van der Waals surface area contributed by atoms with Crippen molar-refractivity contribution in [3.05, 3.63) is 363 Å². The number of hydrogen-bond donors (Lipinski definition) is 0. The summed E-state index contributed by atoms with van der Waals surface area (Å²) in [5, 5.41) is -6.30. The summed E-state index contributed by atoms with van der Waals surface area (Å²) < 4.78 is 456. The highest BCUT2D eigenvalue weighted by molar-refractivity contribution is 6.31. The van der Waals surface area contributed by atoms with Crippen molar-refractivity contribution in [1.82, 2.24) is 0 Å². The maximum atomic E-state index is 10.5. The summed E-state index contributed by atoms with van der Waals surface area (Å²) in [7, 11) is 0. The van der Waals surface area contributed by atoms with E-state index < -0.39 is 410 Å². The minimum atomic E-state index is -1.17. The van der Waals surface area contributed by atoms with Gasteiger partial charge in [-0.3, -0.25) is 0 Å². The molecule has 0 unspecified atom stereocenters. The van der Waals surface area contributed by atoms with Gasteiger partial charge >= 0.3 is 0 Å². The van der Waals surface area contributed by atoms with Crippen molar-refractivity contribution in [3.63, 3.8) is 0 Å². The first-order chi connectivity index (χ1) is 74.6. The highest BCUT2D eigenvalue weighted by atomic mass is 16.3. The molecule has 0 bridgehead atoms. The van der Waals surface area contributed by atoms with E-state index in [9.17, 15) is 34.3 Å². The van der Waals surface area contributed by atoms with Crippen LogP contribution in [0.2, 0.25) is 0 Å². The van der Waals surface area contributed by atoms with Crippen LogP contribution in [0.5, 0.6) is 0 Å². The number of fused-ring (bicyclic) bond motifs is 8. The molecule has 24 aromatic carbocycles. The van der Waals surface area contributed by atoms with Gasteiger partial charge in [0.05, 0.1) is 65.8 Å². The maximum absolute atomic E-state index is 10.5. The Morgan fingerprint density at radius 1 is 0.164 bits per heavy atom.